The molecule has 0 radical (unpaired) electrons. The number of carbonyl (C=O) groups is 2. The van der Waals surface area contributed by atoms with E-state index in [0.717, 1.165) is 5.69 Å². The van der Waals surface area contributed by atoms with Crippen molar-refractivity contribution in [2.75, 3.05) is 24.4 Å². The van der Waals surface area contributed by atoms with Crippen molar-refractivity contribution in [2.24, 2.45) is 4.99 Å². The van der Waals surface area contributed by atoms with Crippen LogP contribution in [0, 0.1) is 13.8 Å². The molecule has 1 aliphatic heterocycles. The molecular weight excluding hydrogens is 374 g/mol. The van der Waals surface area contributed by atoms with Crippen LogP contribution in [0.15, 0.2) is 47.5 Å². The van der Waals surface area contributed by atoms with Gasteiger partial charge in [-0.15, -0.1) is 0 Å². The average Bonchev–Trinajstić information content (AvgIpc) is 2.97. The highest BCUT2D eigenvalue weighted by Crippen LogP contribution is 2.31. The third-order valence-electron chi connectivity index (χ3n) is 4.65. The number of imide groups is 1. The molecule has 2 aromatic carbocycles. The molecule has 0 aromatic heterocycles. The Balaban J connectivity index is 1.71. The van der Waals surface area contributed by atoms with Crippen LogP contribution in [0.4, 0.5) is 11.4 Å². The van der Waals surface area contributed by atoms with E-state index in [1.807, 2.05) is 25.1 Å². The van der Waals surface area contributed by atoms with Crippen molar-refractivity contribution in [3.8, 4) is 5.75 Å². The number of ether oxygens (including phenoxy) is 1. The number of nitrogens with one attached hydrogen (secondary N) is 1. The number of aliphatic imine (C=N–C) groups is 1. The van der Waals surface area contributed by atoms with Crippen molar-refractivity contribution in [2.45, 2.75) is 25.5 Å². The number of hydrogen-bond donors (Lipinski definition) is 1. The smallest absolute Gasteiger partial charge is 0.247 e. The monoisotopic (exact) mass is 397 g/mol. The summed E-state index contributed by atoms with van der Waals surface area (Å²) in [6.07, 6.45) is 0.142. The van der Waals surface area contributed by atoms with E-state index in [-0.39, 0.29) is 18.2 Å². The first kappa shape index (κ1) is 19.9. The molecule has 0 aliphatic carbocycles. The molecular formula is C21H23N3O3S. The molecule has 1 aliphatic rings. The first-order chi connectivity index (χ1) is 13.4. The fraction of sp³-hybridized carbons (Fsp3) is 0.286. The largest absolute Gasteiger partial charge is 0.497 e. The van der Waals surface area contributed by atoms with Crippen LogP contribution in [0.2, 0.25) is 0 Å². The van der Waals surface area contributed by atoms with Crippen molar-refractivity contribution in [1.82, 2.24) is 0 Å². The van der Waals surface area contributed by atoms with Gasteiger partial charge in [0.05, 0.1) is 12.8 Å². The van der Waals surface area contributed by atoms with Gasteiger partial charge in [-0.05, 0) is 61.4 Å². The Morgan fingerprint density at radius 1 is 1.14 bits per heavy atom. The number of nitrogens with zero attached hydrogens (tertiary/aromatic N) is 2. The predicted octanol–water partition coefficient (Wildman–Crippen LogP) is 3.78. The van der Waals surface area contributed by atoms with Gasteiger partial charge in [0.25, 0.3) is 0 Å². The predicted molar refractivity (Wildman–Crippen MR) is 114 cm³/mol. The molecule has 2 amide bonds. The normalized spacial score (nSPS) is 17.2. The average molecular weight is 398 g/mol. The maximum absolute atomic E-state index is 12.8. The van der Waals surface area contributed by atoms with Gasteiger partial charge in [-0.25, -0.2) is 4.90 Å². The van der Waals surface area contributed by atoms with Gasteiger partial charge in [0.15, 0.2) is 5.17 Å². The minimum atomic E-state index is -0.507. The van der Waals surface area contributed by atoms with Crippen molar-refractivity contribution < 1.29 is 14.3 Å². The van der Waals surface area contributed by atoms with Crippen LogP contribution in [-0.2, 0) is 9.59 Å². The lowest BCUT2D eigenvalue weighted by atomic mass is 10.1. The zero-order valence-corrected chi connectivity index (χ0v) is 17.2. The highest BCUT2D eigenvalue weighted by atomic mass is 32.2. The summed E-state index contributed by atoms with van der Waals surface area (Å²) in [6.45, 7) is 4.10. The number of thioether (sulfide) groups is 1. The lowest BCUT2D eigenvalue weighted by Gasteiger charge is -2.16. The molecule has 7 heteroatoms. The summed E-state index contributed by atoms with van der Waals surface area (Å²) in [6, 6.07) is 12.9. The number of methoxy groups -OCH3 is 1. The Morgan fingerprint density at radius 3 is 2.46 bits per heavy atom. The quantitative estimate of drug-likeness (QED) is 0.483. The van der Waals surface area contributed by atoms with Gasteiger partial charge in [-0.2, -0.15) is 0 Å². The number of anilines is 2. The summed E-state index contributed by atoms with van der Waals surface area (Å²) in [4.78, 5) is 30.8. The summed E-state index contributed by atoms with van der Waals surface area (Å²) >= 11 is 1.28. The standard InChI is InChI=1S/C21H23N3O3S/c1-13-5-6-15(11-14(13)2)23-21(22-3)28-18-12-19(25)24(20(18)26)16-7-9-17(27-4)10-8-16/h5-11,18H,12H2,1-4H3,(H,22,23)/t18-/m0/s1. The van der Waals surface area contributed by atoms with Gasteiger partial charge in [-0.1, -0.05) is 17.8 Å². The number of rotatable bonds is 4. The Hall–Kier alpha value is -2.80. The molecule has 1 heterocycles. The topological polar surface area (TPSA) is 71.0 Å². The maximum atomic E-state index is 12.8. The van der Waals surface area contributed by atoms with Crippen LogP contribution in [0.25, 0.3) is 0 Å². The number of amidine groups is 1. The first-order valence-electron chi connectivity index (χ1n) is 8.91. The first-order valence-corrected chi connectivity index (χ1v) is 9.79. The SMILES string of the molecule is CN=C(Nc1ccc(C)c(C)c1)S[C@H]1CC(=O)N(c2ccc(OC)cc2)C1=O. The molecule has 6 nitrogen and oxygen atoms in total. The van der Waals surface area contributed by atoms with Crippen LogP contribution in [-0.4, -0.2) is 36.4 Å². The molecule has 1 saturated heterocycles. The van der Waals surface area contributed by atoms with Crippen molar-refractivity contribution in [1.29, 1.82) is 0 Å². The van der Waals surface area contributed by atoms with E-state index in [2.05, 4.69) is 17.2 Å². The number of amides is 2. The summed E-state index contributed by atoms with van der Waals surface area (Å²) in [5.74, 6) is 0.226. The molecule has 0 unspecified atom stereocenters. The summed E-state index contributed by atoms with van der Waals surface area (Å²) < 4.78 is 5.13. The lowest BCUT2D eigenvalue weighted by Crippen LogP contribution is -2.31. The van der Waals surface area contributed by atoms with E-state index in [1.54, 1.807) is 38.4 Å². The zero-order valence-electron chi connectivity index (χ0n) is 16.4. The second-order valence-corrected chi connectivity index (χ2v) is 7.72. The van der Waals surface area contributed by atoms with E-state index < -0.39 is 5.25 Å². The van der Waals surface area contributed by atoms with E-state index in [1.165, 1.54) is 27.8 Å². The molecule has 2 aromatic rings. The minimum absolute atomic E-state index is 0.142. The van der Waals surface area contributed by atoms with Gasteiger partial charge < -0.3 is 10.1 Å². The Kier molecular flexibility index (Phi) is 6.04. The van der Waals surface area contributed by atoms with Gasteiger partial charge in [0, 0.05) is 19.2 Å². The minimum Gasteiger partial charge on any atom is -0.497 e. The summed E-state index contributed by atoms with van der Waals surface area (Å²) in [5, 5.41) is 3.34. The molecule has 1 fully saturated rings. The molecule has 3 rings (SSSR count). The van der Waals surface area contributed by atoms with E-state index in [4.69, 9.17) is 4.74 Å². The third kappa shape index (κ3) is 4.20. The summed E-state index contributed by atoms with van der Waals surface area (Å²) in [7, 11) is 3.24. The fourth-order valence-electron chi connectivity index (χ4n) is 2.91. The number of hydrogen-bond acceptors (Lipinski definition) is 5. The number of carbonyl (C=O) groups excluding carboxylic acids is 2. The van der Waals surface area contributed by atoms with E-state index in [0.29, 0.717) is 16.6 Å². The lowest BCUT2D eigenvalue weighted by molar-refractivity contribution is -0.121. The number of aryl methyl sites for hydroxylation is 2. The van der Waals surface area contributed by atoms with Crippen LogP contribution in [0.3, 0.4) is 0 Å². The molecule has 1 atom stereocenters. The second-order valence-electron chi connectivity index (χ2n) is 6.53. The molecule has 0 bridgehead atoms. The molecule has 0 spiro atoms. The number of benzene rings is 2. The zero-order chi connectivity index (χ0) is 20.3. The Labute approximate surface area is 169 Å². The Bertz CT molecular complexity index is 925. The molecule has 1 N–H and O–H groups in total. The van der Waals surface area contributed by atoms with Crippen LogP contribution >= 0.6 is 11.8 Å². The van der Waals surface area contributed by atoms with Gasteiger partial charge in [0.1, 0.15) is 11.0 Å². The van der Waals surface area contributed by atoms with Gasteiger partial charge >= 0.3 is 0 Å². The maximum Gasteiger partial charge on any atom is 0.247 e. The Morgan fingerprint density at radius 2 is 1.86 bits per heavy atom. The van der Waals surface area contributed by atoms with Crippen molar-refractivity contribution in [3.63, 3.8) is 0 Å². The van der Waals surface area contributed by atoms with Gasteiger partial charge in [-0.3, -0.25) is 14.6 Å². The highest BCUT2D eigenvalue weighted by molar-refractivity contribution is 8.15. The van der Waals surface area contributed by atoms with Crippen molar-refractivity contribution in [3.05, 3.63) is 53.6 Å². The molecule has 0 saturated carbocycles. The van der Waals surface area contributed by atoms with E-state index >= 15 is 0 Å². The third-order valence-corrected chi connectivity index (χ3v) is 5.81. The van der Waals surface area contributed by atoms with Crippen molar-refractivity contribution >= 4 is 40.1 Å². The molecule has 146 valence electrons. The van der Waals surface area contributed by atoms with Crippen LogP contribution in [0.1, 0.15) is 17.5 Å². The van der Waals surface area contributed by atoms with Crippen LogP contribution in [0.5, 0.6) is 5.75 Å². The van der Waals surface area contributed by atoms with Crippen LogP contribution < -0.4 is 15.0 Å². The highest BCUT2D eigenvalue weighted by Gasteiger charge is 2.40. The summed E-state index contributed by atoms with van der Waals surface area (Å²) in [5.41, 5.74) is 3.83. The van der Waals surface area contributed by atoms with E-state index in [9.17, 15) is 9.59 Å². The molecule has 28 heavy (non-hydrogen) atoms. The fourth-order valence-corrected chi connectivity index (χ4v) is 3.90. The van der Waals surface area contributed by atoms with Gasteiger partial charge in [0.2, 0.25) is 11.8 Å². The second kappa shape index (κ2) is 8.48.